The number of aryl methyl sites for hydroxylation is 1. The monoisotopic (exact) mass is 268 g/mol. The molecule has 0 atom stereocenters. The SMILES string of the molecule is Cc1cn(CC(=O)N(CC=O)CCN)c(=O)[nH]c1=O. The number of nitrogens with one attached hydrogen (secondary N) is 1. The molecule has 1 rings (SSSR count). The highest BCUT2D eigenvalue weighted by atomic mass is 16.2. The van der Waals surface area contributed by atoms with Gasteiger partial charge in [0.2, 0.25) is 5.91 Å². The molecular weight excluding hydrogens is 252 g/mol. The van der Waals surface area contributed by atoms with E-state index in [0.717, 1.165) is 4.57 Å². The van der Waals surface area contributed by atoms with E-state index in [1.165, 1.54) is 18.0 Å². The highest BCUT2D eigenvalue weighted by Gasteiger charge is 2.14. The molecule has 0 radical (unpaired) electrons. The first-order chi connectivity index (χ1) is 8.99. The van der Waals surface area contributed by atoms with Gasteiger partial charge < -0.3 is 15.4 Å². The number of aldehydes is 1. The second-order valence-electron chi connectivity index (χ2n) is 3.99. The highest BCUT2D eigenvalue weighted by molar-refractivity contribution is 5.78. The highest BCUT2D eigenvalue weighted by Crippen LogP contribution is 1.92. The van der Waals surface area contributed by atoms with E-state index in [0.29, 0.717) is 11.8 Å². The summed E-state index contributed by atoms with van der Waals surface area (Å²) in [6, 6.07) is 0. The van der Waals surface area contributed by atoms with Gasteiger partial charge in [0.25, 0.3) is 5.56 Å². The average Bonchev–Trinajstić information content (AvgIpc) is 2.35. The van der Waals surface area contributed by atoms with E-state index in [9.17, 15) is 19.2 Å². The quantitative estimate of drug-likeness (QED) is 0.569. The first-order valence-electron chi connectivity index (χ1n) is 5.71. The van der Waals surface area contributed by atoms with Crippen LogP contribution < -0.4 is 17.0 Å². The number of aromatic amines is 1. The lowest BCUT2D eigenvalue weighted by Gasteiger charge is -2.19. The Labute approximate surface area is 108 Å². The van der Waals surface area contributed by atoms with Gasteiger partial charge in [-0.25, -0.2) is 4.79 Å². The predicted molar refractivity (Wildman–Crippen MR) is 67.8 cm³/mol. The Morgan fingerprint density at radius 3 is 2.79 bits per heavy atom. The van der Waals surface area contributed by atoms with Crippen LogP contribution >= 0.6 is 0 Å². The van der Waals surface area contributed by atoms with Crippen LogP contribution in [-0.4, -0.2) is 46.3 Å². The van der Waals surface area contributed by atoms with Crippen LogP contribution in [0.1, 0.15) is 5.56 Å². The molecule has 0 saturated heterocycles. The van der Waals surface area contributed by atoms with Gasteiger partial charge >= 0.3 is 5.69 Å². The number of hydrogen-bond donors (Lipinski definition) is 2. The van der Waals surface area contributed by atoms with Crippen molar-refractivity contribution in [1.29, 1.82) is 0 Å². The molecule has 0 aliphatic heterocycles. The first kappa shape index (κ1) is 14.8. The molecular formula is C11H16N4O4. The summed E-state index contributed by atoms with van der Waals surface area (Å²) in [7, 11) is 0. The van der Waals surface area contributed by atoms with E-state index in [1.54, 1.807) is 0 Å². The second kappa shape index (κ2) is 6.64. The minimum atomic E-state index is -0.664. The number of aromatic nitrogens is 2. The normalized spacial score (nSPS) is 10.2. The molecule has 8 heteroatoms. The lowest BCUT2D eigenvalue weighted by atomic mass is 10.3. The molecule has 0 unspecified atom stereocenters. The fraction of sp³-hybridized carbons (Fsp3) is 0.455. The van der Waals surface area contributed by atoms with Crippen molar-refractivity contribution in [2.75, 3.05) is 19.6 Å². The molecule has 1 amide bonds. The Kier molecular flexibility index (Phi) is 5.19. The molecule has 0 aliphatic carbocycles. The number of amides is 1. The van der Waals surface area contributed by atoms with Crippen LogP contribution in [0.15, 0.2) is 15.8 Å². The van der Waals surface area contributed by atoms with Crippen molar-refractivity contribution in [3.05, 3.63) is 32.6 Å². The number of nitrogens with zero attached hydrogens (tertiary/aromatic N) is 2. The smallest absolute Gasteiger partial charge is 0.328 e. The lowest BCUT2D eigenvalue weighted by molar-refractivity contribution is -0.133. The van der Waals surface area contributed by atoms with Gasteiger partial charge in [-0.2, -0.15) is 0 Å². The zero-order chi connectivity index (χ0) is 14.4. The number of rotatable bonds is 6. The predicted octanol–water partition coefficient (Wildman–Crippen LogP) is -2.17. The van der Waals surface area contributed by atoms with E-state index in [1.807, 2.05) is 0 Å². The Bertz CT molecular complexity index is 575. The zero-order valence-corrected chi connectivity index (χ0v) is 10.6. The molecule has 0 aliphatic rings. The molecule has 19 heavy (non-hydrogen) atoms. The summed E-state index contributed by atoms with van der Waals surface area (Å²) in [4.78, 5) is 48.4. The maximum atomic E-state index is 11.9. The van der Waals surface area contributed by atoms with Crippen molar-refractivity contribution < 1.29 is 9.59 Å². The van der Waals surface area contributed by atoms with Crippen LogP contribution in [0.25, 0.3) is 0 Å². The molecule has 0 fully saturated rings. The Balaban J connectivity index is 2.92. The average molecular weight is 268 g/mol. The number of hydrogen-bond acceptors (Lipinski definition) is 5. The topological polar surface area (TPSA) is 118 Å². The largest absolute Gasteiger partial charge is 0.333 e. The van der Waals surface area contributed by atoms with Crippen LogP contribution in [0.2, 0.25) is 0 Å². The molecule has 104 valence electrons. The van der Waals surface area contributed by atoms with Crippen LogP contribution in [0.3, 0.4) is 0 Å². The molecule has 8 nitrogen and oxygen atoms in total. The van der Waals surface area contributed by atoms with Crippen molar-refractivity contribution >= 4 is 12.2 Å². The van der Waals surface area contributed by atoms with Gasteiger partial charge in [0.1, 0.15) is 12.8 Å². The minimum Gasteiger partial charge on any atom is -0.333 e. The summed E-state index contributed by atoms with van der Waals surface area (Å²) in [5.74, 6) is -0.411. The summed E-state index contributed by atoms with van der Waals surface area (Å²) >= 11 is 0. The maximum absolute atomic E-state index is 11.9. The van der Waals surface area contributed by atoms with Gasteiger partial charge in [0.05, 0.1) is 6.54 Å². The van der Waals surface area contributed by atoms with Crippen LogP contribution in [0, 0.1) is 6.92 Å². The first-order valence-corrected chi connectivity index (χ1v) is 5.71. The molecule has 0 spiro atoms. The van der Waals surface area contributed by atoms with E-state index in [4.69, 9.17) is 5.73 Å². The fourth-order valence-corrected chi connectivity index (χ4v) is 1.55. The van der Waals surface area contributed by atoms with Gasteiger partial charge in [-0.3, -0.25) is 19.1 Å². The van der Waals surface area contributed by atoms with Crippen molar-refractivity contribution in [3.63, 3.8) is 0 Å². The molecule has 0 bridgehead atoms. The Morgan fingerprint density at radius 1 is 1.53 bits per heavy atom. The van der Waals surface area contributed by atoms with Crippen LogP contribution in [0.5, 0.6) is 0 Å². The molecule has 0 saturated carbocycles. The fourth-order valence-electron chi connectivity index (χ4n) is 1.55. The van der Waals surface area contributed by atoms with Crippen molar-refractivity contribution in [1.82, 2.24) is 14.5 Å². The second-order valence-corrected chi connectivity index (χ2v) is 3.99. The van der Waals surface area contributed by atoms with Crippen molar-refractivity contribution in [2.24, 2.45) is 5.73 Å². The van der Waals surface area contributed by atoms with Gasteiger partial charge in [-0.05, 0) is 6.92 Å². The number of H-pyrrole nitrogens is 1. The third-order valence-electron chi connectivity index (χ3n) is 2.54. The molecule has 0 aromatic carbocycles. The van der Waals surface area contributed by atoms with Gasteiger partial charge in [-0.1, -0.05) is 0 Å². The summed E-state index contributed by atoms with van der Waals surface area (Å²) in [5, 5.41) is 0. The van der Waals surface area contributed by atoms with E-state index in [2.05, 4.69) is 4.98 Å². The van der Waals surface area contributed by atoms with Crippen molar-refractivity contribution in [2.45, 2.75) is 13.5 Å². The van der Waals surface area contributed by atoms with Gasteiger partial charge in [-0.15, -0.1) is 0 Å². The van der Waals surface area contributed by atoms with Crippen LogP contribution in [-0.2, 0) is 16.1 Å². The van der Waals surface area contributed by atoms with Gasteiger partial charge in [0.15, 0.2) is 0 Å². The third-order valence-corrected chi connectivity index (χ3v) is 2.54. The third kappa shape index (κ3) is 3.88. The van der Waals surface area contributed by atoms with E-state index < -0.39 is 17.2 Å². The number of carbonyl (C=O) groups is 2. The summed E-state index contributed by atoms with van der Waals surface area (Å²) in [6.45, 7) is 1.66. The molecule has 3 N–H and O–H groups in total. The molecule has 1 aromatic rings. The minimum absolute atomic E-state index is 0.0763. The molecule has 1 aromatic heterocycles. The zero-order valence-electron chi connectivity index (χ0n) is 10.6. The standard InChI is InChI=1S/C11H16N4O4/c1-8-6-15(11(19)13-10(8)18)7-9(17)14(3-2-12)4-5-16/h5-6H,2-4,7,12H2,1H3,(H,13,18,19). The lowest BCUT2D eigenvalue weighted by Crippen LogP contribution is -2.41. The summed E-state index contributed by atoms with van der Waals surface area (Å²) in [6.07, 6.45) is 1.90. The maximum Gasteiger partial charge on any atom is 0.328 e. The van der Waals surface area contributed by atoms with Crippen molar-refractivity contribution in [3.8, 4) is 0 Å². The molecule has 1 heterocycles. The van der Waals surface area contributed by atoms with Gasteiger partial charge in [0, 0.05) is 24.8 Å². The van der Waals surface area contributed by atoms with Crippen LogP contribution in [0.4, 0.5) is 0 Å². The number of carbonyl (C=O) groups excluding carboxylic acids is 2. The van der Waals surface area contributed by atoms with E-state index >= 15 is 0 Å². The van der Waals surface area contributed by atoms with E-state index in [-0.39, 0.29) is 26.2 Å². The summed E-state index contributed by atoms with van der Waals surface area (Å²) < 4.78 is 1.09. The number of nitrogens with two attached hydrogens (primary N) is 1. The summed E-state index contributed by atoms with van der Waals surface area (Å²) in [5.41, 5.74) is 4.52. The Hall–Kier alpha value is -2.22. The Morgan fingerprint density at radius 2 is 2.21 bits per heavy atom.